The normalized spacial score (nSPS) is 8.73. The van der Waals surface area contributed by atoms with Gasteiger partial charge in [-0.25, -0.2) is 0 Å². The highest BCUT2D eigenvalue weighted by Gasteiger charge is 1.96. The van der Waals surface area contributed by atoms with Gasteiger partial charge in [0.05, 0.1) is 5.75 Å². The van der Waals surface area contributed by atoms with E-state index >= 15 is 0 Å². The minimum Gasteiger partial charge on any atom is -0.352 e. The van der Waals surface area contributed by atoms with E-state index in [4.69, 9.17) is 0 Å². The Bertz CT molecular complexity index is 145. The van der Waals surface area contributed by atoms with E-state index in [-0.39, 0.29) is 5.91 Å². The van der Waals surface area contributed by atoms with Crippen LogP contribution in [0.3, 0.4) is 0 Å². The van der Waals surface area contributed by atoms with Gasteiger partial charge in [-0.3, -0.25) is 4.79 Å². The van der Waals surface area contributed by atoms with Crippen LogP contribution in [-0.4, -0.2) is 24.0 Å². The number of thioether (sulfide) groups is 1. The molecule has 1 N–H and O–H groups in total. The Balaban J connectivity index is 3.21. The molecule has 0 aliphatic rings. The summed E-state index contributed by atoms with van der Waals surface area (Å²) in [6.07, 6.45) is 3.45. The molecule has 0 aliphatic carbocycles. The Kier molecular flexibility index (Phi) is 6.94. The number of rotatable bonds is 6. The average Bonchev–Trinajstić information content (AvgIpc) is 2.01. The number of hydrogen-bond acceptors (Lipinski definition) is 2. The molecular formula is C8H13NOS. The van der Waals surface area contributed by atoms with Crippen LogP contribution in [0.5, 0.6) is 0 Å². The summed E-state index contributed by atoms with van der Waals surface area (Å²) in [5, 5.41) is 2.68. The van der Waals surface area contributed by atoms with Crippen molar-refractivity contribution < 1.29 is 4.79 Å². The molecule has 0 heterocycles. The van der Waals surface area contributed by atoms with Gasteiger partial charge < -0.3 is 5.32 Å². The fourth-order valence-electron chi connectivity index (χ4n) is 0.472. The minimum atomic E-state index is 0.0525. The molecule has 0 saturated carbocycles. The Morgan fingerprint density at radius 1 is 1.45 bits per heavy atom. The molecule has 0 saturated heterocycles. The van der Waals surface area contributed by atoms with E-state index in [0.29, 0.717) is 12.3 Å². The maximum absolute atomic E-state index is 10.9. The highest BCUT2D eigenvalue weighted by atomic mass is 32.2. The molecule has 0 aliphatic heterocycles. The average molecular weight is 171 g/mol. The zero-order valence-electron chi connectivity index (χ0n) is 6.51. The summed E-state index contributed by atoms with van der Waals surface area (Å²) in [6.45, 7) is 7.59. The second-order valence-electron chi connectivity index (χ2n) is 1.90. The zero-order chi connectivity index (χ0) is 8.53. The summed E-state index contributed by atoms with van der Waals surface area (Å²) >= 11 is 1.55. The molecule has 0 fully saturated rings. The molecule has 0 bridgehead atoms. The standard InChI is InChI=1S/C8H13NOS/c1-3-5-9-8(10)7-11-6-4-2/h3-4H,1-2,5-7H2,(H,9,10). The van der Waals surface area contributed by atoms with E-state index in [9.17, 15) is 4.79 Å². The van der Waals surface area contributed by atoms with Crippen molar-refractivity contribution in [2.45, 2.75) is 0 Å². The lowest BCUT2D eigenvalue weighted by Gasteiger charge is -1.99. The first-order chi connectivity index (χ1) is 5.31. The van der Waals surface area contributed by atoms with Crippen LogP contribution in [-0.2, 0) is 4.79 Å². The highest BCUT2D eigenvalue weighted by Crippen LogP contribution is 1.97. The summed E-state index contributed by atoms with van der Waals surface area (Å²) < 4.78 is 0. The van der Waals surface area contributed by atoms with E-state index in [0.717, 1.165) is 5.75 Å². The van der Waals surface area contributed by atoms with Crippen LogP contribution in [0.4, 0.5) is 0 Å². The summed E-state index contributed by atoms with van der Waals surface area (Å²) in [5.41, 5.74) is 0. The molecule has 2 nitrogen and oxygen atoms in total. The van der Waals surface area contributed by atoms with Crippen LogP contribution < -0.4 is 5.32 Å². The van der Waals surface area contributed by atoms with Gasteiger partial charge in [-0.15, -0.1) is 24.9 Å². The Morgan fingerprint density at radius 3 is 2.73 bits per heavy atom. The molecule has 3 heteroatoms. The number of carbonyl (C=O) groups excluding carboxylic acids is 1. The van der Waals surface area contributed by atoms with Gasteiger partial charge in [0.15, 0.2) is 0 Å². The van der Waals surface area contributed by atoms with Crippen molar-refractivity contribution in [1.29, 1.82) is 0 Å². The third kappa shape index (κ3) is 7.19. The molecular weight excluding hydrogens is 158 g/mol. The third-order valence-corrected chi connectivity index (χ3v) is 1.85. The zero-order valence-corrected chi connectivity index (χ0v) is 7.32. The lowest BCUT2D eigenvalue weighted by molar-refractivity contribution is -0.118. The smallest absolute Gasteiger partial charge is 0.230 e. The van der Waals surface area contributed by atoms with Gasteiger partial charge in [0.1, 0.15) is 0 Å². The Labute approximate surface area is 71.7 Å². The van der Waals surface area contributed by atoms with Gasteiger partial charge in [0, 0.05) is 12.3 Å². The van der Waals surface area contributed by atoms with Gasteiger partial charge in [0.25, 0.3) is 0 Å². The van der Waals surface area contributed by atoms with Gasteiger partial charge in [-0.1, -0.05) is 12.2 Å². The molecule has 0 aromatic carbocycles. The predicted octanol–water partition coefficient (Wildman–Crippen LogP) is 1.21. The molecule has 0 unspecified atom stereocenters. The van der Waals surface area contributed by atoms with Crippen molar-refractivity contribution in [2.75, 3.05) is 18.1 Å². The first-order valence-corrected chi connectivity index (χ1v) is 4.53. The van der Waals surface area contributed by atoms with E-state index in [2.05, 4.69) is 18.5 Å². The Hall–Kier alpha value is -0.700. The first kappa shape index (κ1) is 10.3. The van der Waals surface area contributed by atoms with E-state index < -0.39 is 0 Å². The number of hydrogen-bond donors (Lipinski definition) is 1. The van der Waals surface area contributed by atoms with Gasteiger partial charge >= 0.3 is 0 Å². The molecule has 11 heavy (non-hydrogen) atoms. The summed E-state index contributed by atoms with van der Waals surface area (Å²) in [7, 11) is 0. The van der Waals surface area contributed by atoms with Crippen LogP contribution in [0.15, 0.2) is 25.3 Å². The van der Waals surface area contributed by atoms with Crippen molar-refractivity contribution in [3.8, 4) is 0 Å². The minimum absolute atomic E-state index is 0.0525. The third-order valence-electron chi connectivity index (χ3n) is 0.912. The van der Waals surface area contributed by atoms with Crippen LogP contribution in [0.2, 0.25) is 0 Å². The Morgan fingerprint density at radius 2 is 2.18 bits per heavy atom. The molecule has 0 rings (SSSR count). The number of amides is 1. The van der Waals surface area contributed by atoms with Gasteiger partial charge in [-0.2, -0.15) is 0 Å². The maximum atomic E-state index is 10.9. The second-order valence-corrected chi connectivity index (χ2v) is 2.93. The molecule has 0 atom stereocenters. The van der Waals surface area contributed by atoms with E-state index in [1.807, 2.05) is 0 Å². The van der Waals surface area contributed by atoms with Gasteiger partial charge in [-0.05, 0) is 0 Å². The number of carbonyl (C=O) groups is 1. The van der Waals surface area contributed by atoms with Gasteiger partial charge in [0.2, 0.25) is 5.91 Å². The van der Waals surface area contributed by atoms with E-state index in [1.165, 1.54) is 0 Å². The second kappa shape index (κ2) is 7.41. The SMILES string of the molecule is C=CCNC(=O)CSCC=C. The summed E-state index contributed by atoms with van der Waals surface area (Å²) in [6, 6.07) is 0. The fourth-order valence-corrected chi connectivity index (χ4v) is 1.04. The maximum Gasteiger partial charge on any atom is 0.230 e. The molecule has 0 spiro atoms. The molecule has 0 aromatic heterocycles. The lowest BCUT2D eigenvalue weighted by atomic mass is 10.6. The first-order valence-electron chi connectivity index (χ1n) is 3.37. The van der Waals surface area contributed by atoms with Crippen LogP contribution in [0.25, 0.3) is 0 Å². The topological polar surface area (TPSA) is 29.1 Å². The van der Waals surface area contributed by atoms with Crippen molar-refractivity contribution >= 4 is 17.7 Å². The molecule has 0 radical (unpaired) electrons. The molecule has 62 valence electrons. The van der Waals surface area contributed by atoms with Crippen LogP contribution in [0.1, 0.15) is 0 Å². The fraction of sp³-hybridized carbons (Fsp3) is 0.375. The highest BCUT2D eigenvalue weighted by molar-refractivity contribution is 8.00. The lowest BCUT2D eigenvalue weighted by Crippen LogP contribution is -2.24. The van der Waals surface area contributed by atoms with Crippen LogP contribution >= 0.6 is 11.8 Å². The summed E-state index contributed by atoms with van der Waals surface area (Å²) in [5.74, 6) is 1.37. The molecule has 0 aromatic rings. The largest absolute Gasteiger partial charge is 0.352 e. The van der Waals surface area contributed by atoms with Crippen molar-refractivity contribution in [3.63, 3.8) is 0 Å². The number of nitrogens with one attached hydrogen (secondary N) is 1. The summed E-state index contributed by atoms with van der Waals surface area (Å²) in [4.78, 5) is 10.9. The van der Waals surface area contributed by atoms with Crippen molar-refractivity contribution in [3.05, 3.63) is 25.3 Å². The monoisotopic (exact) mass is 171 g/mol. The molecule has 1 amide bonds. The predicted molar refractivity (Wildman–Crippen MR) is 50.7 cm³/mol. The van der Waals surface area contributed by atoms with Crippen LogP contribution in [0, 0.1) is 0 Å². The quantitative estimate of drug-likeness (QED) is 0.481. The van der Waals surface area contributed by atoms with Crippen molar-refractivity contribution in [2.24, 2.45) is 0 Å². The van der Waals surface area contributed by atoms with E-state index in [1.54, 1.807) is 23.9 Å². The van der Waals surface area contributed by atoms with Crippen molar-refractivity contribution in [1.82, 2.24) is 5.32 Å².